The monoisotopic (exact) mass is 301 g/mol. The molecule has 0 aliphatic rings. The summed E-state index contributed by atoms with van der Waals surface area (Å²) < 4.78 is 32.0. The van der Waals surface area contributed by atoms with Crippen LogP contribution in [0.15, 0.2) is 23.3 Å². The van der Waals surface area contributed by atoms with Crippen molar-refractivity contribution in [3.63, 3.8) is 0 Å². The van der Waals surface area contributed by atoms with Gasteiger partial charge in [0.15, 0.2) is 5.11 Å². The molecule has 0 saturated carbocycles. The van der Waals surface area contributed by atoms with Gasteiger partial charge in [-0.1, -0.05) is 6.07 Å². The van der Waals surface area contributed by atoms with Gasteiger partial charge in [0.1, 0.15) is 11.6 Å². The Morgan fingerprint density at radius 3 is 2.55 bits per heavy atom. The Hall–Kier alpha value is -1.60. The summed E-state index contributed by atoms with van der Waals surface area (Å²) in [4.78, 5) is 0. The fourth-order valence-corrected chi connectivity index (χ4v) is 1.83. The zero-order valence-electron chi connectivity index (χ0n) is 11.5. The number of hydrogen-bond donors (Lipinski definition) is 2. The van der Waals surface area contributed by atoms with Crippen molar-refractivity contribution < 1.29 is 13.5 Å². The quantitative estimate of drug-likeness (QED) is 0.497. The minimum absolute atomic E-state index is 0.000652. The number of nitrogens with zero attached hydrogens (tertiary/aromatic N) is 1. The van der Waals surface area contributed by atoms with E-state index in [0.29, 0.717) is 6.61 Å². The van der Waals surface area contributed by atoms with E-state index in [4.69, 9.17) is 17.0 Å². The van der Waals surface area contributed by atoms with Gasteiger partial charge in [-0.3, -0.25) is 5.43 Å². The van der Waals surface area contributed by atoms with Crippen molar-refractivity contribution in [3.05, 3.63) is 35.4 Å². The van der Waals surface area contributed by atoms with Gasteiger partial charge in [-0.05, 0) is 38.2 Å². The van der Waals surface area contributed by atoms with E-state index >= 15 is 0 Å². The highest BCUT2D eigenvalue weighted by molar-refractivity contribution is 7.80. The lowest BCUT2D eigenvalue weighted by Gasteiger charge is -2.14. The second-order valence-corrected chi connectivity index (χ2v) is 4.64. The van der Waals surface area contributed by atoms with E-state index in [1.54, 1.807) is 7.11 Å². The number of hydrazone groups is 1. The van der Waals surface area contributed by atoms with Crippen LogP contribution in [0.4, 0.5) is 8.78 Å². The van der Waals surface area contributed by atoms with Gasteiger partial charge in [-0.2, -0.15) is 5.10 Å². The minimum atomic E-state index is -0.667. The Balaban J connectivity index is 2.68. The second-order valence-electron chi connectivity index (χ2n) is 4.24. The van der Waals surface area contributed by atoms with E-state index < -0.39 is 11.6 Å². The largest absolute Gasteiger partial charge is 0.383 e. The maximum atomic E-state index is 13.5. The van der Waals surface area contributed by atoms with Crippen LogP contribution in [0.2, 0.25) is 0 Å². The smallest absolute Gasteiger partial charge is 0.187 e. The molecular weight excluding hydrogens is 284 g/mol. The maximum Gasteiger partial charge on any atom is 0.187 e. The Kier molecular flexibility index (Phi) is 6.47. The van der Waals surface area contributed by atoms with E-state index in [0.717, 1.165) is 0 Å². The van der Waals surface area contributed by atoms with E-state index in [9.17, 15) is 8.78 Å². The van der Waals surface area contributed by atoms with Crippen LogP contribution in [-0.2, 0) is 4.74 Å². The van der Waals surface area contributed by atoms with Crippen LogP contribution >= 0.6 is 12.2 Å². The van der Waals surface area contributed by atoms with E-state index in [1.807, 2.05) is 6.92 Å². The SMILES string of the molecule is COC[C@@H](C)NC(=S)N/N=C(/C)c1c(F)cccc1F. The van der Waals surface area contributed by atoms with E-state index in [2.05, 4.69) is 15.8 Å². The molecule has 1 rings (SSSR count). The molecule has 0 unspecified atom stereocenters. The molecule has 4 nitrogen and oxygen atoms in total. The van der Waals surface area contributed by atoms with Gasteiger partial charge in [0.25, 0.3) is 0 Å². The van der Waals surface area contributed by atoms with Crippen molar-refractivity contribution in [1.82, 2.24) is 10.7 Å². The first-order valence-electron chi connectivity index (χ1n) is 5.99. The molecule has 0 heterocycles. The molecule has 20 heavy (non-hydrogen) atoms. The zero-order chi connectivity index (χ0) is 15.1. The first-order valence-corrected chi connectivity index (χ1v) is 6.40. The second kappa shape index (κ2) is 7.86. The lowest BCUT2D eigenvalue weighted by molar-refractivity contribution is 0.179. The van der Waals surface area contributed by atoms with Crippen molar-refractivity contribution in [1.29, 1.82) is 0 Å². The van der Waals surface area contributed by atoms with Gasteiger partial charge in [0, 0.05) is 13.2 Å². The topological polar surface area (TPSA) is 45.6 Å². The van der Waals surface area contributed by atoms with Crippen LogP contribution in [0.25, 0.3) is 0 Å². The van der Waals surface area contributed by atoms with Gasteiger partial charge in [-0.25, -0.2) is 8.78 Å². The summed E-state index contributed by atoms with van der Waals surface area (Å²) in [6, 6.07) is 3.65. The summed E-state index contributed by atoms with van der Waals surface area (Å²) in [5, 5.41) is 7.04. The summed E-state index contributed by atoms with van der Waals surface area (Å²) in [7, 11) is 1.58. The van der Waals surface area contributed by atoms with Gasteiger partial charge in [0.05, 0.1) is 17.9 Å². The molecule has 1 atom stereocenters. The third-order valence-electron chi connectivity index (χ3n) is 2.44. The Bertz CT molecular complexity index is 488. The first kappa shape index (κ1) is 16.5. The highest BCUT2D eigenvalue weighted by Gasteiger charge is 2.11. The van der Waals surface area contributed by atoms with E-state index in [-0.39, 0.29) is 22.4 Å². The Labute approximate surface area is 122 Å². The Morgan fingerprint density at radius 2 is 2.00 bits per heavy atom. The highest BCUT2D eigenvalue weighted by atomic mass is 32.1. The molecule has 0 aliphatic carbocycles. The molecule has 0 radical (unpaired) electrons. The number of rotatable bonds is 5. The van der Waals surface area contributed by atoms with Crippen LogP contribution in [0.3, 0.4) is 0 Å². The zero-order valence-corrected chi connectivity index (χ0v) is 12.4. The molecule has 0 spiro atoms. The number of halogens is 2. The maximum absolute atomic E-state index is 13.5. The van der Waals surface area contributed by atoms with Crippen LogP contribution in [0.5, 0.6) is 0 Å². The summed E-state index contributed by atoms with van der Waals surface area (Å²) in [5.41, 5.74) is 2.54. The summed E-state index contributed by atoms with van der Waals surface area (Å²) in [5.74, 6) is -1.33. The summed E-state index contributed by atoms with van der Waals surface area (Å²) in [6.45, 7) is 3.85. The molecule has 0 saturated heterocycles. The van der Waals surface area contributed by atoms with Crippen molar-refractivity contribution in [2.45, 2.75) is 19.9 Å². The molecule has 7 heteroatoms. The van der Waals surface area contributed by atoms with Gasteiger partial charge >= 0.3 is 0 Å². The average Bonchev–Trinajstić information content (AvgIpc) is 2.36. The van der Waals surface area contributed by atoms with Gasteiger partial charge in [0.2, 0.25) is 0 Å². The van der Waals surface area contributed by atoms with Crippen molar-refractivity contribution in [2.75, 3.05) is 13.7 Å². The standard InChI is InChI=1S/C13H17F2N3OS/c1-8(7-19-3)16-13(20)18-17-9(2)12-10(14)5-4-6-11(12)15/h4-6,8H,7H2,1-3H3,(H2,16,18,20)/b17-9-/t8-/m1/s1. The van der Waals surface area contributed by atoms with Crippen molar-refractivity contribution >= 4 is 23.0 Å². The summed E-state index contributed by atoms with van der Waals surface area (Å²) in [6.07, 6.45) is 0. The lowest BCUT2D eigenvalue weighted by Crippen LogP contribution is -2.40. The third-order valence-corrected chi connectivity index (χ3v) is 2.65. The van der Waals surface area contributed by atoms with E-state index in [1.165, 1.54) is 25.1 Å². The highest BCUT2D eigenvalue weighted by Crippen LogP contribution is 2.12. The fourth-order valence-electron chi connectivity index (χ4n) is 1.58. The number of thiocarbonyl (C=S) groups is 1. The van der Waals surface area contributed by atoms with Gasteiger partial charge < -0.3 is 10.1 Å². The molecule has 1 aromatic carbocycles. The number of benzene rings is 1. The molecule has 0 aromatic heterocycles. The normalized spacial score (nSPS) is 12.9. The first-order chi connectivity index (χ1) is 9.45. The average molecular weight is 301 g/mol. The predicted molar refractivity (Wildman–Crippen MR) is 78.8 cm³/mol. The third kappa shape index (κ3) is 4.82. The van der Waals surface area contributed by atoms with Crippen LogP contribution in [0, 0.1) is 11.6 Å². The molecule has 0 aliphatic heterocycles. The molecule has 1 aromatic rings. The molecular formula is C13H17F2N3OS. The Morgan fingerprint density at radius 1 is 1.40 bits per heavy atom. The molecule has 2 N–H and O–H groups in total. The van der Waals surface area contributed by atoms with Crippen molar-refractivity contribution in [3.8, 4) is 0 Å². The fraction of sp³-hybridized carbons (Fsp3) is 0.385. The van der Waals surface area contributed by atoms with Crippen LogP contribution in [0.1, 0.15) is 19.4 Å². The lowest BCUT2D eigenvalue weighted by atomic mass is 10.1. The molecule has 0 amide bonds. The van der Waals surface area contributed by atoms with Crippen LogP contribution in [-0.4, -0.2) is 30.6 Å². The summed E-state index contributed by atoms with van der Waals surface area (Å²) >= 11 is 5.01. The van der Waals surface area contributed by atoms with Crippen molar-refractivity contribution in [2.24, 2.45) is 5.10 Å². The van der Waals surface area contributed by atoms with Crippen LogP contribution < -0.4 is 10.7 Å². The molecule has 0 bridgehead atoms. The molecule has 110 valence electrons. The minimum Gasteiger partial charge on any atom is -0.383 e. The number of hydrogen-bond acceptors (Lipinski definition) is 3. The number of nitrogens with one attached hydrogen (secondary N) is 2. The molecule has 0 fully saturated rings. The van der Waals surface area contributed by atoms with Gasteiger partial charge in [-0.15, -0.1) is 0 Å². The predicted octanol–water partition coefficient (Wildman–Crippen LogP) is 2.19. The number of ether oxygens (including phenoxy) is 1. The number of methoxy groups -OCH3 is 1.